The average molecular weight is 443 g/mol. The van der Waals surface area contributed by atoms with Crippen molar-refractivity contribution in [3.05, 3.63) is 64.3 Å². The zero-order valence-electron chi connectivity index (χ0n) is 16.5. The van der Waals surface area contributed by atoms with Gasteiger partial charge < -0.3 is 14.6 Å². The Bertz CT molecular complexity index is 949. The van der Waals surface area contributed by atoms with Crippen LogP contribution in [0.4, 0.5) is 0 Å². The maximum absolute atomic E-state index is 11.8. The van der Waals surface area contributed by atoms with Gasteiger partial charge in [0.1, 0.15) is 5.75 Å². The van der Waals surface area contributed by atoms with Crippen LogP contribution in [0, 0.1) is 0 Å². The summed E-state index contributed by atoms with van der Waals surface area (Å²) in [6, 6.07) is 14.5. The Labute approximate surface area is 175 Å². The van der Waals surface area contributed by atoms with Crippen molar-refractivity contribution in [2.24, 2.45) is 0 Å². The summed E-state index contributed by atoms with van der Waals surface area (Å²) in [5, 5.41) is 4.20. The van der Waals surface area contributed by atoms with Crippen LogP contribution in [0.1, 0.15) is 37.8 Å². The van der Waals surface area contributed by atoms with Crippen LogP contribution in [0.25, 0.3) is 10.9 Å². The van der Waals surface area contributed by atoms with Crippen molar-refractivity contribution in [2.75, 3.05) is 13.2 Å². The van der Waals surface area contributed by atoms with Crippen LogP contribution in [0.5, 0.6) is 5.75 Å². The lowest BCUT2D eigenvalue weighted by atomic mass is 10.1. The summed E-state index contributed by atoms with van der Waals surface area (Å²) in [7, 11) is 0. The number of rotatable bonds is 9. The molecule has 0 aliphatic heterocycles. The zero-order valence-corrected chi connectivity index (χ0v) is 18.1. The monoisotopic (exact) mass is 442 g/mol. The molecule has 0 aliphatic carbocycles. The van der Waals surface area contributed by atoms with Crippen molar-refractivity contribution in [3.8, 4) is 5.75 Å². The van der Waals surface area contributed by atoms with Crippen molar-refractivity contribution >= 4 is 32.7 Å². The highest BCUT2D eigenvalue weighted by molar-refractivity contribution is 9.10. The molecule has 0 saturated carbocycles. The number of halogens is 1. The number of carbonyl (C=O) groups excluding carboxylic acids is 1. The fourth-order valence-electron chi connectivity index (χ4n) is 3.40. The Morgan fingerprint density at radius 1 is 1.14 bits per heavy atom. The lowest BCUT2D eigenvalue weighted by molar-refractivity contribution is -0.121. The van der Waals surface area contributed by atoms with Crippen LogP contribution in [0.3, 0.4) is 0 Å². The Kier molecular flexibility index (Phi) is 7.15. The van der Waals surface area contributed by atoms with E-state index >= 15 is 0 Å². The van der Waals surface area contributed by atoms with Crippen LogP contribution < -0.4 is 10.1 Å². The summed E-state index contributed by atoms with van der Waals surface area (Å²) in [4.78, 5) is 11.8. The molecule has 0 saturated heterocycles. The second-order valence-corrected chi connectivity index (χ2v) is 7.69. The molecule has 3 rings (SSSR count). The number of nitrogens with one attached hydrogen (secondary N) is 1. The summed E-state index contributed by atoms with van der Waals surface area (Å²) in [6.45, 7) is 6.09. The molecule has 5 heteroatoms. The normalized spacial score (nSPS) is 11.0. The van der Waals surface area contributed by atoms with Gasteiger partial charge in [-0.15, -0.1) is 0 Å². The van der Waals surface area contributed by atoms with Crippen LogP contribution >= 0.6 is 15.9 Å². The van der Waals surface area contributed by atoms with Crippen molar-refractivity contribution in [1.82, 2.24) is 9.88 Å². The van der Waals surface area contributed by atoms with Gasteiger partial charge in [0.05, 0.1) is 6.61 Å². The molecule has 28 heavy (non-hydrogen) atoms. The highest BCUT2D eigenvalue weighted by Gasteiger charge is 2.12. The molecule has 2 aromatic carbocycles. The van der Waals surface area contributed by atoms with E-state index in [1.807, 2.05) is 26.0 Å². The minimum atomic E-state index is 0.120. The van der Waals surface area contributed by atoms with Gasteiger partial charge in [-0.1, -0.05) is 41.1 Å². The predicted molar refractivity (Wildman–Crippen MR) is 118 cm³/mol. The summed E-state index contributed by atoms with van der Waals surface area (Å²) in [5.41, 5.74) is 3.63. The van der Waals surface area contributed by atoms with E-state index in [4.69, 9.17) is 4.74 Å². The van der Waals surface area contributed by atoms with E-state index < -0.39 is 0 Å². The fourth-order valence-corrected chi connectivity index (χ4v) is 3.81. The van der Waals surface area contributed by atoms with Gasteiger partial charge in [0, 0.05) is 41.1 Å². The molecule has 0 spiro atoms. The van der Waals surface area contributed by atoms with Crippen molar-refractivity contribution in [2.45, 2.75) is 39.7 Å². The Morgan fingerprint density at radius 2 is 1.96 bits per heavy atom. The molecule has 1 amide bonds. The number of amides is 1. The number of nitrogens with zero attached hydrogens (tertiary/aromatic N) is 1. The van der Waals surface area contributed by atoms with Crippen LogP contribution in [-0.4, -0.2) is 23.6 Å². The summed E-state index contributed by atoms with van der Waals surface area (Å²) in [6.07, 6.45) is 4.45. The molecule has 1 aromatic heterocycles. The zero-order chi connectivity index (χ0) is 19.9. The number of hydrogen-bond donors (Lipinski definition) is 1. The predicted octanol–water partition coefficient (Wildman–Crippen LogP) is 5.31. The number of carbonyl (C=O) groups is 1. The third-order valence-electron chi connectivity index (χ3n) is 4.74. The summed E-state index contributed by atoms with van der Waals surface area (Å²) >= 11 is 3.65. The molecule has 0 fully saturated rings. The first-order valence-corrected chi connectivity index (χ1v) is 10.7. The first-order chi connectivity index (χ1) is 13.6. The average Bonchev–Trinajstić information content (AvgIpc) is 3.01. The summed E-state index contributed by atoms with van der Waals surface area (Å²) in [5.74, 6) is 0.999. The fraction of sp³-hybridized carbons (Fsp3) is 0.348. The third-order valence-corrected chi connectivity index (χ3v) is 5.51. The van der Waals surface area contributed by atoms with Gasteiger partial charge >= 0.3 is 0 Å². The third kappa shape index (κ3) is 4.96. The van der Waals surface area contributed by atoms with Gasteiger partial charge in [-0.05, 0) is 55.2 Å². The quantitative estimate of drug-likeness (QED) is 0.487. The standard InChI is InChI=1S/C23H27BrN2O2/c1-3-7-23(27)25-13-12-17-15-26(16-18-8-5-6-9-21(18)24)22-11-10-19(28-4-2)14-20(17)22/h5-6,8-11,14-15H,3-4,7,12-13,16H2,1-2H3,(H,25,27). The molecule has 1 N–H and O–H groups in total. The van der Waals surface area contributed by atoms with E-state index in [2.05, 4.69) is 62.3 Å². The SMILES string of the molecule is CCCC(=O)NCCc1cn(Cc2ccccc2Br)c2ccc(OCC)cc12. The molecule has 3 aromatic rings. The topological polar surface area (TPSA) is 43.3 Å². The van der Waals surface area contributed by atoms with Crippen molar-refractivity contribution < 1.29 is 9.53 Å². The number of hydrogen-bond acceptors (Lipinski definition) is 2. The minimum Gasteiger partial charge on any atom is -0.494 e. The number of ether oxygens (including phenoxy) is 1. The van der Waals surface area contributed by atoms with E-state index in [-0.39, 0.29) is 5.91 Å². The molecule has 0 bridgehead atoms. The molecule has 0 radical (unpaired) electrons. The summed E-state index contributed by atoms with van der Waals surface area (Å²) < 4.78 is 9.08. The lowest BCUT2D eigenvalue weighted by Gasteiger charge is -2.08. The molecule has 0 atom stereocenters. The first-order valence-electron chi connectivity index (χ1n) is 9.87. The molecule has 4 nitrogen and oxygen atoms in total. The van der Waals surface area contributed by atoms with Gasteiger partial charge in [-0.25, -0.2) is 0 Å². The van der Waals surface area contributed by atoms with Gasteiger partial charge in [-0.2, -0.15) is 0 Å². The van der Waals surface area contributed by atoms with Gasteiger partial charge in [0.25, 0.3) is 0 Å². The second kappa shape index (κ2) is 9.78. The van der Waals surface area contributed by atoms with Crippen molar-refractivity contribution in [1.29, 1.82) is 0 Å². The molecular weight excluding hydrogens is 416 g/mol. The second-order valence-electron chi connectivity index (χ2n) is 6.84. The van der Waals surface area contributed by atoms with Crippen LogP contribution in [-0.2, 0) is 17.8 Å². The largest absolute Gasteiger partial charge is 0.494 e. The van der Waals surface area contributed by atoms with E-state index in [0.29, 0.717) is 19.6 Å². The number of fused-ring (bicyclic) bond motifs is 1. The Morgan fingerprint density at radius 3 is 2.71 bits per heavy atom. The first kappa shape index (κ1) is 20.5. The van der Waals surface area contributed by atoms with Crippen LogP contribution in [0.15, 0.2) is 53.1 Å². The Hall–Kier alpha value is -2.27. The van der Waals surface area contributed by atoms with Gasteiger partial charge in [0.15, 0.2) is 0 Å². The van der Waals surface area contributed by atoms with Crippen molar-refractivity contribution in [3.63, 3.8) is 0 Å². The minimum absolute atomic E-state index is 0.120. The Balaban J connectivity index is 1.88. The smallest absolute Gasteiger partial charge is 0.219 e. The maximum Gasteiger partial charge on any atom is 0.219 e. The van der Waals surface area contributed by atoms with E-state index in [1.165, 1.54) is 22.0 Å². The van der Waals surface area contributed by atoms with E-state index in [0.717, 1.165) is 29.6 Å². The highest BCUT2D eigenvalue weighted by Crippen LogP contribution is 2.28. The highest BCUT2D eigenvalue weighted by atomic mass is 79.9. The lowest BCUT2D eigenvalue weighted by Crippen LogP contribution is -2.25. The van der Waals surface area contributed by atoms with Gasteiger partial charge in [0.2, 0.25) is 5.91 Å². The van der Waals surface area contributed by atoms with Gasteiger partial charge in [-0.3, -0.25) is 4.79 Å². The molecular formula is C23H27BrN2O2. The molecule has 1 heterocycles. The molecule has 0 unspecified atom stereocenters. The van der Waals surface area contributed by atoms with E-state index in [1.54, 1.807) is 0 Å². The molecule has 0 aliphatic rings. The molecule has 148 valence electrons. The van der Waals surface area contributed by atoms with E-state index in [9.17, 15) is 4.79 Å². The number of aromatic nitrogens is 1. The maximum atomic E-state index is 11.8. The number of benzene rings is 2. The van der Waals surface area contributed by atoms with Crippen LogP contribution in [0.2, 0.25) is 0 Å².